The first-order chi connectivity index (χ1) is 13.7. The van der Waals surface area contributed by atoms with E-state index in [0.717, 1.165) is 32.1 Å². The standard InChI is InChI=1S/C25H40O4/c1-13(16-12-17(16)23(28)29)18-4-5-19-22-20(7-9-25(18,19)3)24(2)8-6-15(26)10-14(24)11-21(22)27/h13-22,26-27H,4-12H2,1-3H3,(H,28,29)/t13-,14?,15-,16+,17+,18?,19+,20+,21-,22+,24+,25-/m1/s1. The van der Waals surface area contributed by atoms with E-state index in [4.69, 9.17) is 0 Å². The van der Waals surface area contributed by atoms with Crippen LogP contribution in [0.3, 0.4) is 0 Å². The summed E-state index contributed by atoms with van der Waals surface area (Å²) in [5.41, 5.74) is 0.531. The number of aliphatic hydroxyl groups excluding tert-OH is 2. The number of fused-ring (bicyclic) bond motifs is 5. The van der Waals surface area contributed by atoms with Crippen molar-refractivity contribution in [3.8, 4) is 0 Å². The van der Waals surface area contributed by atoms with Gasteiger partial charge >= 0.3 is 5.97 Å². The average Bonchev–Trinajstić information content (AvgIpc) is 3.39. The monoisotopic (exact) mass is 404 g/mol. The highest BCUT2D eigenvalue weighted by molar-refractivity contribution is 5.73. The van der Waals surface area contributed by atoms with Gasteiger partial charge in [-0.3, -0.25) is 4.79 Å². The lowest BCUT2D eigenvalue weighted by molar-refractivity contribution is -0.174. The van der Waals surface area contributed by atoms with Crippen LogP contribution in [0.1, 0.15) is 78.6 Å². The quantitative estimate of drug-likeness (QED) is 0.654. The smallest absolute Gasteiger partial charge is 0.306 e. The van der Waals surface area contributed by atoms with Crippen molar-refractivity contribution in [3.63, 3.8) is 0 Å². The number of carbonyl (C=O) groups is 1. The summed E-state index contributed by atoms with van der Waals surface area (Å²) < 4.78 is 0. The lowest BCUT2D eigenvalue weighted by Gasteiger charge is -2.62. The van der Waals surface area contributed by atoms with Crippen molar-refractivity contribution in [1.29, 1.82) is 0 Å². The maximum atomic E-state index is 11.4. The summed E-state index contributed by atoms with van der Waals surface area (Å²) in [5, 5.41) is 30.9. The van der Waals surface area contributed by atoms with E-state index in [1.54, 1.807) is 0 Å². The van der Waals surface area contributed by atoms with Crippen LogP contribution in [0.2, 0.25) is 0 Å². The van der Waals surface area contributed by atoms with E-state index in [9.17, 15) is 20.1 Å². The molecule has 0 heterocycles. The van der Waals surface area contributed by atoms with Crippen LogP contribution in [0.25, 0.3) is 0 Å². The van der Waals surface area contributed by atoms with Crippen LogP contribution in [0.15, 0.2) is 0 Å². The van der Waals surface area contributed by atoms with Gasteiger partial charge in [-0.15, -0.1) is 0 Å². The van der Waals surface area contributed by atoms with Gasteiger partial charge in [0.15, 0.2) is 0 Å². The SMILES string of the molecule is C[C@@H](C1CC[C@H]2[C@@H]3[C@H](O)CC4C[C@H](O)CC[C@]4(C)[C@H]3CC[C@]12C)[C@@H]1C[C@@H]1C(=O)O. The van der Waals surface area contributed by atoms with Crippen LogP contribution in [0.4, 0.5) is 0 Å². The Morgan fingerprint density at radius 2 is 1.62 bits per heavy atom. The summed E-state index contributed by atoms with van der Waals surface area (Å²) in [6.45, 7) is 7.26. The van der Waals surface area contributed by atoms with Gasteiger partial charge in [0.25, 0.3) is 0 Å². The predicted octanol–water partition coefficient (Wildman–Crippen LogP) is 4.33. The number of hydrogen-bond acceptors (Lipinski definition) is 3. The first kappa shape index (κ1) is 20.3. The Morgan fingerprint density at radius 1 is 0.931 bits per heavy atom. The number of aliphatic hydroxyl groups is 2. The molecule has 2 unspecified atom stereocenters. The molecule has 0 bridgehead atoms. The molecule has 0 aromatic rings. The van der Waals surface area contributed by atoms with E-state index >= 15 is 0 Å². The first-order valence-electron chi connectivity index (χ1n) is 12.3. The molecule has 0 amide bonds. The zero-order valence-corrected chi connectivity index (χ0v) is 18.4. The summed E-state index contributed by atoms with van der Waals surface area (Å²) >= 11 is 0. The van der Waals surface area contributed by atoms with Gasteiger partial charge in [0.05, 0.1) is 18.1 Å². The summed E-state index contributed by atoms with van der Waals surface area (Å²) in [5.74, 6) is 2.76. The molecule has 5 fully saturated rings. The number of aliphatic carboxylic acids is 1. The van der Waals surface area contributed by atoms with Crippen molar-refractivity contribution < 1.29 is 20.1 Å². The van der Waals surface area contributed by atoms with Crippen LogP contribution in [-0.4, -0.2) is 33.5 Å². The van der Waals surface area contributed by atoms with Crippen LogP contribution in [0.5, 0.6) is 0 Å². The number of hydrogen-bond donors (Lipinski definition) is 3. The molecule has 0 aromatic heterocycles. The van der Waals surface area contributed by atoms with Crippen molar-refractivity contribution in [2.24, 2.45) is 58.2 Å². The molecule has 5 saturated carbocycles. The van der Waals surface area contributed by atoms with Crippen molar-refractivity contribution in [2.75, 3.05) is 0 Å². The molecule has 0 spiro atoms. The maximum absolute atomic E-state index is 11.4. The minimum atomic E-state index is -0.605. The fourth-order valence-corrected chi connectivity index (χ4v) is 9.48. The zero-order valence-electron chi connectivity index (χ0n) is 18.4. The Balaban J connectivity index is 1.39. The topological polar surface area (TPSA) is 77.8 Å². The molecule has 164 valence electrons. The summed E-state index contributed by atoms with van der Waals surface area (Å²) in [6, 6.07) is 0. The van der Waals surface area contributed by atoms with Gasteiger partial charge in [0.1, 0.15) is 0 Å². The molecular weight excluding hydrogens is 364 g/mol. The lowest BCUT2D eigenvalue weighted by Crippen LogP contribution is -2.58. The van der Waals surface area contributed by atoms with Gasteiger partial charge in [-0.1, -0.05) is 20.8 Å². The van der Waals surface area contributed by atoms with Gasteiger partial charge in [-0.2, -0.15) is 0 Å². The number of carboxylic acids is 1. The summed E-state index contributed by atoms with van der Waals surface area (Å²) in [7, 11) is 0. The third kappa shape index (κ3) is 2.87. The predicted molar refractivity (Wildman–Crippen MR) is 111 cm³/mol. The van der Waals surface area contributed by atoms with E-state index in [1.165, 1.54) is 25.7 Å². The fourth-order valence-electron chi connectivity index (χ4n) is 9.48. The van der Waals surface area contributed by atoms with E-state index in [-0.39, 0.29) is 29.0 Å². The number of carboxylic acid groups (broad SMARTS) is 1. The molecule has 5 aliphatic carbocycles. The highest BCUT2D eigenvalue weighted by atomic mass is 16.4. The highest BCUT2D eigenvalue weighted by Gasteiger charge is 2.64. The Labute approximate surface area is 175 Å². The van der Waals surface area contributed by atoms with Crippen molar-refractivity contribution >= 4 is 5.97 Å². The zero-order chi connectivity index (χ0) is 20.7. The van der Waals surface area contributed by atoms with Crippen LogP contribution < -0.4 is 0 Å². The second kappa shape index (κ2) is 6.69. The lowest BCUT2D eigenvalue weighted by atomic mass is 9.43. The molecular formula is C25H40O4. The second-order valence-corrected chi connectivity index (χ2v) is 12.2. The normalized spacial score (nSPS) is 57.3. The van der Waals surface area contributed by atoms with Crippen molar-refractivity contribution in [3.05, 3.63) is 0 Å². The highest BCUT2D eigenvalue weighted by Crippen LogP contribution is 2.69. The van der Waals surface area contributed by atoms with Crippen LogP contribution in [-0.2, 0) is 4.79 Å². The molecule has 5 rings (SSSR count). The second-order valence-electron chi connectivity index (χ2n) is 12.2. The van der Waals surface area contributed by atoms with E-state index in [1.807, 2.05) is 0 Å². The molecule has 3 N–H and O–H groups in total. The Morgan fingerprint density at radius 3 is 2.31 bits per heavy atom. The molecule has 4 heteroatoms. The van der Waals surface area contributed by atoms with Crippen LogP contribution >= 0.6 is 0 Å². The maximum Gasteiger partial charge on any atom is 0.306 e. The molecule has 0 aromatic carbocycles. The Bertz CT molecular complexity index is 678. The summed E-state index contributed by atoms with van der Waals surface area (Å²) in [4.78, 5) is 11.4. The molecule has 12 atom stereocenters. The minimum Gasteiger partial charge on any atom is -0.481 e. The third-order valence-electron chi connectivity index (χ3n) is 11.2. The van der Waals surface area contributed by atoms with E-state index < -0.39 is 5.97 Å². The molecule has 29 heavy (non-hydrogen) atoms. The third-order valence-corrected chi connectivity index (χ3v) is 11.2. The Hall–Kier alpha value is -0.610. The van der Waals surface area contributed by atoms with Crippen molar-refractivity contribution in [2.45, 2.75) is 90.8 Å². The van der Waals surface area contributed by atoms with Gasteiger partial charge in [0, 0.05) is 0 Å². The van der Waals surface area contributed by atoms with Gasteiger partial charge in [0.2, 0.25) is 0 Å². The van der Waals surface area contributed by atoms with Gasteiger partial charge in [-0.05, 0) is 110 Å². The molecule has 5 aliphatic rings. The molecule has 0 radical (unpaired) electrons. The van der Waals surface area contributed by atoms with Crippen molar-refractivity contribution in [1.82, 2.24) is 0 Å². The Kier molecular flexibility index (Phi) is 4.68. The van der Waals surface area contributed by atoms with E-state index in [0.29, 0.717) is 41.4 Å². The van der Waals surface area contributed by atoms with E-state index in [2.05, 4.69) is 20.8 Å². The molecule has 0 aliphatic heterocycles. The largest absolute Gasteiger partial charge is 0.481 e. The first-order valence-corrected chi connectivity index (χ1v) is 12.3. The number of rotatable bonds is 3. The average molecular weight is 405 g/mol. The fraction of sp³-hybridized carbons (Fsp3) is 0.960. The summed E-state index contributed by atoms with van der Waals surface area (Å²) in [6.07, 6.45) is 9.08. The molecule has 0 saturated heterocycles. The molecule has 4 nitrogen and oxygen atoms in total. The van der Waals surface area contributed by atoms with Gasteiger partial charge in [-0.25, -0.2) is 0 Å². The minimum absolute atomic E-state index is 0.113. The van der Waals surface area contributed by atoms with Gasteiger partial charge < -0.3 is 15.3 Å². The van der Waals surface area contributed by atoms with Crippen LogP contribution in [0, 0.1) is 58.2 Å².